The smallest absolute Gasteiger partial charge is 0.176 e. The van der Waals surface area contributed by atoms with Crippen molar-refractivity contribution in [3.63, 3.8) is 0 Å². The summed E-state index contributed by atoms with van der Waals surface area (Å²) >= 11 is 6.39. The molecule has 0 atom stereocenters. The van der Waals surface area contributed by atoms with Crippen LogP contribution in [0.5, 0.6) is 0 Å². The molecule has 166 valence electrons. The highest BCUT2D eigenvalue weighted by Gasteiger charge is 2.28. The van der Waals surface area contributed by atoms with Crippen LogP contribution in [0.25, 0.3) is 30.6 Å². The first-order valence-electron chi connectivity index (χ1n) is 8.28. The molecule has 12 heteroatoms. The molecule has 0 saturated carbocycles. The minimum absolute atomic E-state index is 0.145. The molecule has 0 aliphatic carbocycles. The lowest BCUT2D eigenvalue weighted by molar-refractivity contribution is 0.451. The van der Waals surface area contributed by atoms with Crippen LogP contribution >= 0.6 is 54.5 Å². The van der Waals surface area contributed by atoms with E-state index in [2.05, 4.69) is 31.9 Å². The van der Waals surface area contributed by atoms with E-state index in [0.29, 0.717) is 9.75 Å². The number of halogens is 10. The van der Waals surface area contributed by atoms with Crippen molar-refractivity contribution >= 4 is 54.5 Å². The Labute approximate surface area is 199 Å². The molecule has 4 rings (SSSR count). The maximum Gasteiger partial charge on any atom is 0.176 e. The topological polar surface area (TPSA) is 0 Å². The van der Waals surface area contributed by atoms with E-state index in [-0.39, 0.29) is 9.75 Å². The first-order chi connectivity index (χ1) is 15.0. The van der Waals surface area contributed by atoms with Crippen molar-refractivity contribution in [2.75, 3.05) is 0 Å². The van der Waals surface area contributed by atoms with Crippen LogP contribution in [0, 0.1) is 46.5 Å². The zero-order valence-corrected chi connectivity index (χ0v) is 19.7. The molecular formula is C20H4Br2F8S2. The number of hydrogen-bond acceptors (Lipinski definition) is 2. The molecule has 0 N–H and O–H groups in total. The summed E-state index contributed by atoms with van der Waals surface area (Å²) in [5.41, 5.74) is -1.82. The van der Waals surface area contributed by atoms with E-state index in [9.17, 15) is 35.1 Å². The molecule has 4 aromatic rings. The van der Waals surface area contributed by atoms with Crippen molar-refractivity contribution in [1.82, 2.24) is 0 Å². The Bertz CT molecular complexity index is 1230. The first-order valence-corrected chi connectivity index (χ1v) is 11.5. The maximum absolute atomic E-state index is 14.3. The fraction of sp³-hybridized carbons (Fsp3) is 0. The lowest BCUT2D eigenvalue weighted by Gasteiger charge is -2.07. The second-order valence-electron chi connectivity index (χ2n) is 6.22. The van der Waals surface area contributed by atoms with Crippen molar-refractivity contribution in [3.05, 3.63) is 79.7 Å². The Hall–Kier alpha value is -1.76. The van der Waals surface area contributed by atoms with Gasteiger partial charge in [-0.05, 0) is 56.1 Å². The maximum atomic E-state index is 14.3. The van der Waals surface area contributed by atoms with Gasteiger partial charge >= 0.3 is 0 Å². The predicted molar refractivity (Wildman–Crippen MR) is 114 cm³/mol. The van der Waals surface area contributed by atoms with E-state index in [4.69, 9.17) is 0 Å². The third kappa shape index (κ3) is 3.61. The Kier molecular flexibility index (Phi) is 6.25. The van der Waals surface area contributed by atoms with E-state index in [1.165, 1.54) is 24.3 Å². The molecule has 0 fully saturated rings. The predicted octanol–water partition coefficient (Wildman–Crippen LogP) is 9.45. The first kappa shape index (κ1) is 23.4. The second kappa shape index (κ2) is 8.54. The van der Waals surface area contributed by atoms with Gasteiger partial charge in [-0.1, -0.05) is 0 Å². The fourth-order valence-corrected chi connectivity index (χ4v) is 5.72. The van der Waals surface area contributed by atoms with E-state index >= 15 is 0 Å². The van der Waals surface area contributed by atoms with E-state index in [0.717, 1.165) is 22.7 Å². The molecular weight excluding hydrogens is 616 g/mol. The Morgan fingerprint density at radius 1 is 0.406 bits per heavy atom. The summed E-state index contributed by atoms with van der Waals surface area (Å²) in [5, 5.41) is 0. The Morgan fingerprint density at radius 3 is 0.938 bits per heavy atom. The molecule has 0 saturated heterocycles. The van der Waals surface area contributed by atoms with Gasteiger partial charge in [-0.15, -0.1) is 22.7 Å². The van der Waals surface area contributed by atoms with Crippen LogP contribution in [0.2, 0.25) is 0 Å². The molecule has 0 nitrogen and oxygen atoms in total. The van der Waals surface area contributed by atoms with Gasteiger partial charge in [0.05, 0.1) is 20.1 Å². The summed E-state index contributed by atoms with van der Waals surface area (Å²) in [6, 6.07) is 5.19. The third-order valence-electron chi connectivity index (χ3n) is 4.37. The minimum Gasteiger partial charge on any atom is -0.203 e. The van der Waals surface area contributed by atoms with Gasteiger partial charge < -0.3 is 0 Å². The van der Waals surface area contributed by atoms with Gasteiger partial charge in [-0.25, -0.2) is 35.1 Å². The molecule has 0 spiro atoms. The van der Waals surface area contributed by atoms with Crippen molar-refractivity contribution in [3.8, 4) is 30.6 Å². The summed E-state index contributed by atoms with van der Waals surface area (Å²) in [6.45, 7) is 0. The standard InChI is InChI=1S/C20H4Br2F8S2/c21-11-17(27)13(23)9(14(24)18(11)28)7-3-1-5(31-7)6-2-4-8(32-6)10-15(25)19(29)12(22)20(30)16(10)26/h1-4H. The van der Waals surface area contributed by atoms with E-state index < -0.39 is 66.6 Å². The average Bonchev–Trinajstić information content (AvgIpc) is 3.44. The van der Waals surface area contributed by atoms with Crippen LogP contribution < -0.4 is 0 Å². The van der Waals surface area contributed by atoms with Gasteiger partial charge in [-0.3, -0.25) is 0 Å². The number of hydrogen-bond donors (Lipinski definition) is 0. The van der Waals surface area contributed by atoms with Crippen LogP contribution in [-0.4, -0.2) is 0 Å². The SMILES string of the molecule is Fc1c(F)c(-c2ccc(-c3ccc(-c4c(F)c(F)c(Br)c(F)c4F)s3)s2)c(F)c(F)c1Br. The van der Waals surface area contributed by atoms with Crippen LogP contribution in [0.4, 0.5) is 35.1 Å². The summed E-state index contributed by atoms with van der Waals surface area (Å²) in [6.07, 6.45) is 0. The van der Waals surface area contributed by atoms with Crippen LogP contribution in [-0.2, 0) is 0 Å². The number of benzene rings is 2. The van der Waals surface area contributed by atoms with Crippen molar-refractivity contribution in [2.24, 2.45) is 0 Å². The highest BCUT2D eigenvalue weighted by atomic mass is 79.9. The zero-order valence-electron chi connectivity index (χ0n) is 14.9. The second-order valence-corrected chi connectivity index (χ2v) is 9.97. The lowest BCUT2D eigenvalue weighted by atomic mass is 10.1. The average molecular weight is 620 g/mol. The molecule has 0 aliphatic heterocycles. The summed E-state index contributed by atoms with van der Waals surface area (Å²) < 4.78 is 110. The van der Waals surface area contributed by atoms with Crippen molar-refractivity contribution in [1.29, 1.82) is 0 Å². The molecule has 2 aromatic carbocycles. The zero-order chi connectivity index (χ0) is 23.5. The molecule has 0 unspecified atom stereocenters. The lowest BCUT2D eigenvalue weighted by Crippen LogP contribution is -1.99. The molecule has 32 heavy (non-hydrogen) atoms. The van der Waals surface area contributed by atoms with Gasteiger partial charge in [-0.2, -0.15) is 0 Å². The van der Waals surface area contributed by atoms with Crippen LogP contribution in [0.15, 0.2) is 33.2 Å². The minimum atomic E-state index is -1.60. The van der Waals surface area contributed by atoms with Crippen LogP contribution in [0.3, 0.4) is 0 Å². The Balaban J connectivity index is 1.79. The molecule has 0 bridgehead atoms. The molecule has 2 aromatic heterocycles. The highest BCUT2D eigenvalue weighted by Crippen LogP contribution is 2.44. The van der Waals surface area contributed by atoms with Crippen molar-refractivity contribution in [2.45, 2.75) is 0 Å². The van der Waals surface area contributed by atoms with E-state index in [1.807, 2.05) is 0 Å². The van der Waals surface area contributed by atoms with Crippen molar-refractivity contribution < 1.29 is 35.1 Å². The van der Waals surface area contributed by atoms with Gasteiger partial charge in [0.15, 0.2) is 46.5 Å². The molecule has 0 aliphatic rings. The largest absolute Gasteiger partial charge is 0.203 e. The number of rotatable bonds is 3. The summed E-state index contributed by atoms with van der Waals surface area (Å²) in [5.74, 6) is -12.8. The normalized spacial score (nSPS) is 11.4. The molecule has 0 radical (unpaired) electrons. The van der Waals surface area contributed by atoms with Gasteiger partial charge in [0, 0.05) is 19.5 Å². The van der Waals surface area contributed by atoms with Gasteiger partial charge in [0.2, 0.25) is 0 Å². The summed E-state index contributed by atoms with van der Waals surface area (Å²) in [4.78, 5) is 0.372. The monoisotopic (exact) mass is 618 g/mol. The van der Waals surface area contributed by atoms with Crippen LogP contribution in [0.1, 0.15) is 0 Å². The quantitative estimate of drug-likeness (QED) is 0.122. The van der Waals surface area contributed by atoms with E-state index in [1.54, 1.807) is 0 Å². The Morgan fingerprint density at radius 2 is 0.656 bits per heavy atom. The molecule has 0 amide bonds. The van der Waals surface area contributed by atoms with Gasteiger partial charge in [0.25, 0.3) is 0 Å². The van der Waals surface area contributed by atoms with Gasteiger partial charge in [0.1, 0.15) is 0 Å². The summed E-state index contributed by atoms with van der Waals surface area (Å²) in [7, 11) is 0. The highest BCUT2D eigenvalue weighted by molar-refractivity contribution is 9.10. The number of thiophene rings is 2. The third-order valence-corrected chi connectivity index (χ3v) is 8.16. The fourth-order valence-electron chi connectivity index (χ4n) is 2.85. The molecule has 2 heterocycles.